The third-order valence-corrected chi connectivity index (χ3v) is 6.99. The molecule has 27 heavy (non-hydrogen) atoms. The predicted octanol–water partition coefficient (Wildman–Crippen LogP) is 3.77. The van der Waals surface area contributed by atoms with Crippen molar-refractivity contribution in [3.8, 4) is 0 Å². The van der Waals surface area contributed by atoms with Crippen LogP contribution in [0.3, 0.4) is 0 Å². The van der Waals surface area contributed by atoms with Crippen LogP contribution in [0.15, 0.2) is 47.4 Å². The van der Waals surface area contributed by atoms with E-state index in [0.29, 0.717) is 23.8 Å². The van der Waals surface area contributed by atoms with E-state index >= 15 is 0 Å². The van der Waals surface area contributed by atoms with Crippen LogP contribution in [0.4, 0.5) is 5.69 Å². The van der Waals surface area contributed by atoms with Crippen LogP contribution in [-0.2, 0) is 14.8 Å². The number of benzene rings is 2. The summed E-state index contributed by atoms with van der Waals surface area (Å²) in [7, 11) is -3.90. The second kappa shape index (κ2) is 7.90. The van der Waals surface area contributed by atoms with Crippen molar-refractivity contribution < 1.29 is 13.2 Å². The van der Waals surface area contributed by atoms with E-state index in [2.05, 4.69) is 0 Å². The van der Waals surface area contributed by atoms with E-state index in [0.717, 1.165) is 28.3 Å². The molecule has 0 saturated carbocycles. The van der Waals surface area contributed by atoms with Gasteiger partial charge in [-0.1, -0.05) is 35.4 Å². The first-order valence-electron chi connectivity index (χ1n) is 8.92. The normalized spacial score (nSPS) is 14.4. The van der Waals surface area contributed by atoms with Crippen molar-refractivity contribution in [3.05, 3.63) is 58.6 Å². The molecule has 2 aromatic carbocycles. The van der Waals surface area contributed by atoms with Crippen LogP contribution in [0.2, 0.25) is 5.02 Å². The van der Waals surface area contributed by atoms with Crippen molar-refractivity contribution in [1.82, 2.24) is 4.90 Å². The van der Waals surface area contributed by atoms with E-state index in [4.69, 9.17) is 11.6 Å². The smallest absolute Gasteiger partial charge is 0.264 e. The minimum Gasteiger partial charge on any atom is -0.341 e. The zero-order chi connectivity index (χ0) is 19.6. The Morgan fingerprint density at radius 2 is 1.70 bits per heavy atom. The van der Waals surface area contributed by atoms with Gasteiger partial charge >= 0.3 is 0 Å². The fourth-order valence-corrected chi connectivity index (χ4v) is 4.66. The summed E-state index contributed by atoms with van der Waals surface area (Å²) in [5, 5.41) is 0.463. The van der Waals surface area contributed by atoms with E-state index in [1.165, 1.54) is 0 Å². The third-order valence-electron chi connectivity index (χ3n) is 4.79. The van der Waals surface area contributed by atoms with Crippen LogP contribution in [0, 0.1) is 13.8 Å². The van der Waals surface area contributed by atoms with Crippen molar-refractivity contribution in [2.45, 2.75) is 31.6 Å². The van der Waals surface area contributed by atoms with Gasteiger partial charge in [-0.2, -0.15) is 0 Å². The Morgan fingerprint density at radius 3 is 2.30 bits per heavy atom. The van der Waals surface area contributed by atoms with Crippen LogP contribution in [0.5, 0.6) is 0 Å². The van der Waals surface area contributed by atoms with Gasteiger partial charge in [-0.15, -0.1) is 0 Å². The van der Waals surface area contributed by atoms with E-state index in [1.54, 1.807) is 47.4 Å². The minimum absolute atomic E-state index is 0.152. The maximum absolute atomic E-state index is 13.3. The number of halogens is 1. The summed E-state index contributed by atoms with van der Waals surface area (Å²) in [4.78, 5) is 14.6. The number of amides is 1. The Labute approximate surface area is 165 Å². The van der Waals surface area contributed by atoms with E-state index in [1.807, 2.05) is 13.8 Å². The van der Waals surface area contributed by atoms with Crippen molar-refractivity contribution in [3.63, 3.8) is 0 Å². The van der Waals surface area contributed by atoms with Gasteiger partial charge in [-0.25, -0.2) is 8.42 Å². The molecule has 0 N–H and O–H groups in total. The summed E-state index contributed by atoms with van der Waals surface area (Å²) in [6, 6.07) is 11.7. The van der Waals surface area contributed by atoms with Gasteiger partial charge in [0.05, 0.1) is 10.6 Å². The molecule has 0 atom stereocenters. The van der Waals surface area contributed by atoms with E-state index < -0.39 is 10.0 Å². The molecule has 0 unspecified atom stereocenters. The largest absolute Gasteiger partial charge is 0.341 e. The van der Waals surface area contributed by atoms with Gasteiger partial charge in [0.1, 0.15) is 6.54 Å². The van der Waals surface area contributed by atoms with E-state index in [-0.39, 0.29) is 17.3 Å². The topological polar surface area (TPSA) is 57.7 Å². The molecule has 1 fully saturated rings. The lowest BCUT2D eigenvalue weighted by atomic mass is 10.2. The zero-order valence-electron chi connectivity index (χ0n) is 15.5. The minimum atomic E-state index is -3.90. The maximum atomic E-state index is 13.3. The highest BCUT2D eigenvalue weighted by Gasteiger charge is 2.30. The number of aryl methyl sites for hydroxylation is 2. The standard InChI is InChI=1S/C20H23ClN2O3S/c1-15-5-9-18(10-6-15)27(25,26)23(14-20(24)22-11-3-4-12-22)17-8-7-16(2)19(21)13-17/h5-10,13H,3-4,11-12,14H2,1-2H3. The highest BCUT2D eigenvalue weighted by molar-refractivity contribution is 7.92. The number of rotatable bonds is 5. The fraction of sp³-hybridized carbons (Fsp3) is 0.350. The number of carbonyl (C=O) groups excluding carboxylic acids is 1. The van der Waals surface area contributed by atoms with E-state index in [9.17, 15) is 13.2 Å². The maximum Gasteiger partial charge on any atom is 0.264 e. The summed E-state index contributed by atoms with van der Waals surface area (Å²) in [5.41, 5.74) is 2.20. The molecule has 1 saturated heterocycles. The molecular weight excluding hydrogens is 384 g/mol. The number of sulfonamides is 1. The number of carbonyl (C=O) groups is 1. The molecule has 0 aliphatic carbocycles. The molecule has 5 nitrogen and oxygen atoms in total. The van der Waals surface area contributed by atoms with Crippen molar-refractivity contribution in [2.75, 3.05) is 23.9 Å². The molecule has 1 amide bonds. The predicted molar refractivity (Wildman–Crippen MR) is 108 cm³/mol. The van der Waals surface area contributed by atoms with Gasteiger partial charge in [0.15, 0.2) is 0 Å². The highest BCUT2D eigenvalue weighted by Crippen LogP contribution is 2.28. The number of hydrogen-bond acceptors (Lipinski definition) is 3. The van der Waals surface area contributed by atoms with Crippen LogP contribution in [-0.4, -0.2) is 38.9 Å². The van der Waals surface area contributed by atoms with Gasteiger partial charge in [-0.05, 0) is 56.5 Å². The van der Waals surface area contributed by atoms with Crippen molar-refractivity contribution in [1.29, 1.82) is 0 Å². The lowest BCUT2D eigenvalue weighted by Gasteiger charge is -2.27. The highest BCUT2D eigenvalue weighted by atomic mass is 35.5. The van der Waals surface area contributed by atoms with Gasteiger partial charge in [0.2, 0.25) is 5.91 Å². The molecular formula is C20H23ClN2O3S. The molecule has 0 bridgehead atoms. The second-order valence-corrected chi connectivity index (χ2v) is 9.12. The first kappa shape index (κ1) is 19.7. The number of anilines is 1. The summed E-state index contributed by atoms with van der Waals surface area (Å²) >= 11 is 6.22. The number of likely N-dealkylation sites (tertiary alicyclic amines) is 1. The molecule has 1 aliphatic heterocycles. The van der Waals surface area contributed by atoms with Gasteiger partial charge in [0, 0.05) is 18.1 Å². The molecule has 0 spiro atoms. The number of hydrogen-bond donors (Lipinski definition) is 0. The Morgan fingerprint density at radius 1 is 1.07 bits per heavy atom. The van der Waals surface area contributed by atoms with Crippen LogP contribution in [0.1, 0.15) is 24.0 Å². The number of nitrogens with zero attached hydrogens (tertiary/aromatic N) is 2. The Balaban J connectivity index is 2.01. The lowest BCUT2D eigenvalue weighted by molar-refractivity contribution is -0.128. The molecule has 144 valence electrons. The van der Waals surface area contributed by atoms with Crippen molar-refractivity contribution >= 4 is 33.2 Å². The second-order valence-electron chi connectivity index (χ2n) is 6.85. The molecule has 0 aromatic heterocycles. The zero-order valence-corrected chi connectivity index (χ0v) is 17.1. The molecule has 7 heteroatoms. The lowest BCUT2D eigenvalue weighted by Crippen LogP contribution is -2.42. The molecule has 1 aliphatic rings. The summed E-state index contributed by atoms with van der Waals surface area (Å²) < 4.78 is 27.8. The molecule has 3 rings (SSSR count). The molecule has 1 heterocycles. The summed E-state index contributed by atoms with van der Waals surface area (Å²) in [6.45, 7) is 4.85. The average Bonchev–Trinajstić information content (AvgIpc) is 3.17. The summed E-state index contributed by atoms with van der Waals surface area (Å²) in [5.74, 6) is -0.195. The quantitative estimate of drug-likeness (QED) is 0.759. The fourth-order valence-electron chi connectivity index (χ4n) is 3.08. The molecule has 2 aromatic rings. The van der Waals surface area contributed by atoms with Gasteiger partial charge in [-0.3, -0.25) is 9.10 Å². The first-order chi connectivity index (χ1) is 12.8. The third kappa shape index (κ3) is 4.28. The monoisotopic (exact) mass is 406 g/mol. The average molecular weight is 407 g/mol. The molecule has 0 radical (unpaired) electrons. The summed E-state index contributed by atoms with van der Waals surface area (Å²) in [6.07, 6.45) is 1.90. The first-order valence-corrected chi connectivity index (χ1v) is 10.7. The van der Waals surface area contributed by atoms with Crippen LogP contribution >= 0.6 is 11.6 Å². The van der Waals surface area contributed by atoms with Crippen LogP contribution in [0.25, 0.3) is 0 Å². The Kier molecular flexibility index (Phi) is 5.77. The van der Waals surface area contributed by atoms with Crippen LogP contribution < -0.4 is 4.31 Å². The van der Waals surface area contributed by atoms with Crippen molar-refractivity contribution in [2.24, 2.45) is 0 Å². The Bertz CT molecular complexity index is 936. The van der Waals surface area contributed by atoms with Gasteiger partial charge < -0.3 is 4.90 Å². The Hall–Kier alpha value is -2.05. The van der Waals surface area contributed by atoms with Gasteiger partial charge in [0.25, 0.3) is 10.0 Å². The SMILES string of the molecule is Cc1ccc(S(=O)(=O)N(CC(=O)N2CCCC2)c2ccc(C)c(Cl)c2)cc1.